The van der Waals surface area contributed by atoms with Crippen LogP contribution in [0.4, 0.5) is 0 Å². The van der Waals surface area contributed by atoms with Crippen LogP contribution in [-0.4, -0.2) is 37.2 Å². The Morgan fingerprint density at radius 3 is 0.753 bits per heavy atom. The predicted octanol–water partition coefficient (Wildman–Crippen LogP) is 23.3. The second-order valence-corrected chi connectivity index (χ2v) is 22.0. The molecule has 0 aliphatic rings. The Morgan fingerprint density at radius 1 is 0.259 bits per heavy atom. The van der Waals surface area contributed by atoms with E-state index in [0.717, 1.165) is 135 Å². The van der Waals surface area contributed by atoms with E-state index in [9.17, 15) is 14.4 Å². The zero-order valence-electron chi connectivity index (χ0n) is 52.8. The van der Waals surface area contributed by atoms with Crippen LogP contribution in [0.5, 0.6) is 0 Å². The van der Waals surface area contributed by atoms with Crippen LogP contribution in [0.3, 0.4) is 0 Å². The lowest BCUT2D eigenvalue weighted by Crippen LogP contribution is -2.30. The molecule has 0 spiro atoms. The fourth-order valence-corrected chi connectivity index (χ4v) is 9.14. The summed E-state index contributed by atoms with van der Waals surface area (Å²) in [6, 6.07) is 0. The summed E-state index contributed by atoms with van der Waals surface area (Å²) >= 11 is 0. The van der Waals surface area contributed by atoms with Gasteiger partial charge in [0.05, 0.1) is 0 Å². The molecule has 0 aromatic rings. The van der Waals surface area contributed by atoms with Gasteiger partial charge in [0.25, 0.3) is 0 Å². The van der Waals surface area contributed by atoms with Crippen molar-refractivity contribution in [2.45, 2.75) is 309 Å². The van der Waals surface area contributed by atoms with E-state index in [-0.39, 0.29) is 31.1 Å². The first-order valence-corrected chi connectivity index (χ1v) is 33.7. The molecule has 0 saturated heterocycles. The minimum absolute atomic E-state index is 0.0902. The van der Waals surface area contributed by atoms with Gasteiger partial charge >= 0.3 is 17.9 Å². The first-order chi connectivity index (χ1) is 40.0. The third kappa shape index (κ3) is 66.2. The number of allylic oxidation sites excluding steroid dienone is 22. The highest BCUT2D eigenvalue weighted by atomic mass is 16.6. The van der Waals surface area contributed by atoms with Gasteiger partial charge in [-0.2, -0.15) is 0 Å². The number of carbonyl (C=O) groups excluding carboxylic acids is 3. The lowest BCUT2D eigenvalue weighted by atomic mass is 10.1. The lowest BCUT2D eigenvalue weighted by Gasteiger charge is -2.18. The van der Waals surface area contributed by atoms with Crippen LogP contribution in [0.2, 0.25) is 0 Å². The molecule has 0 aromatic heterocycles. The third-order valence-corrected chi connectivity index (χ3v) is 14.1. The number of hydrogen-bond acceptors (Lipinski definition) is 6. The Bertz CT molecular complexity index is 1720. The van der Waals surface area contributed by atoms with Gasteiger partial charge in [-0.1, -0.05) is 283 Å². The summed E-state index contributed by atoms with van der Waals surface area (Å²) in [6.07, 6.45) is 95.9. The number of ether oxygens (including phenoxy) is 3. The standard InChI is InChI=1S/C75H124O6/c1-4-7-10-13-16-19-22-25-28-31-33-34-35-36-37-38-39-40-42-44-47-50-53-56-59-62-65-68-74(77)80-71-72(70-79-73(76)67-64-61-58-55-52-49-46-43-30-27-24-21-18-15-12-9-6-3)81-75(78)69-66-63-60-57-54-51-48-45-41-32-29-26-23-20-17-14-11-8-5-2/h7,9-10,12,16-21,25-30,33-34,36-37,39-40,72H,4-6,8,11,13-15,22-24,31-32,35,38,41-71H2,1-3H3/b10-7-,12-9-,19-16-,20-17-,21-18-,28-25-,29-26-,30-27-,34-33-,37-36-,40-39-. The van der Waals surface area contributed by atoms with Gasteiger partial charge in [0, 0.05) is 19.3 Å². The molecule has 6 nitrogen and oxygen atoms in total. The monoisotopic (exact) mass is 1120 g/mol. The topological polar surface area (TPSA) is 78.9 Å². The minimum atomic E-state index is -0.795. The first kappa shape index (κ1) is 76.5. The van der Waals surface area contributed by atoms with Crippen molar-refractivity contribution < 1.29 is 28.6 Å². The molecule has 0 aliphatic heterocycles. The van der Waals surface area contributed by atoms with Crippen LogP contribution in [0.1, 0.15) is 303 Å². The molecule has 0 saturated carbocycles. The fourth-order valence-electron chi connectivity index (χ4n) is 9.14. The average molecular weight is 1120 g/mol. The van der Waals surface area contributed by atoms with E-state index in [1.807, 2.05) is 0 Å². The van der Waals surface area contributed by atoms with Crippen LogP contribution in [0.25, 0.3) is 0 Å². The van der Waals surface area contributed by atoms with Gasteiger partial charge in [-0.25, -0.2) is 0 Å². The first-order valence-electron chi connectivity index (χ1n) is 33.7. The molecule has 0 rings (SSSR count). The summed E-state index contributed by atoms with van der Waals surface area (Å²) in [4.78, 5) is 38.4. The normalized spacial score (nSPS) is 13.0. The van der Waals surface area contributed by atoms with Gasteiger partial charge in [0.1, 0.15) is 13.2 Å². The van der Waals surface area contributed by atoms with Crippen LogP contribution in [0, 0.1) is 0 Å². The molecule has 0 fully saturated rings. The molecule has 0 heterocycles. The van der Waals surface area contributed by atoms with Crippen molar-refractivity contribution in [3.8, 4) is 0 Å². The molecule has 81 heavy (non-hydrogen) atoms. The van der Waals surface area contributed by atoms with Crippen molar-refractivity contribution >= 4 is 17.9 Å². The molecule has 1 atom stereocenters. The molecule has 0 aromatic carbocycles. The van der Waals surface area contributed by atoms with Crippen molar-refractivity contribution in [3.63, 3.8) is 0 Å². The molecule has 0 amide bonds. The highest BCUT2D eigenvalue weighted by Gasteiger charge is 2.19. The van der Waals surface area contributed by atoms with E-state index < -0.39 is 6.10 Å². The molecular weight excluding hydrogens is 997 g/mol. The maximum atomic E-state index is 12.9. The van der Waals surface area contributed by atoms with Crippen molar-refractivity contribution in [2.24, 2.45) is 0 Å². The van der Waals surface area contributed by atoms with E-state index >= 15 is 0 Å². The lowest BCUT2D eigenvalue weighted by molar-refractivity contribution is -0.167. The van der Waals surface area contributed by atoms with Gasteiger partial charge in [-0.05, 0) is 135 Å². The molecular formula is C75H124O6. The maximum absolute atomic E-state index is 12.9. The Balaban J connectivity index is 4.40. The zero-order valence-corrected chi connectivity index (χ0v) is 52.8. The number of unbranched alkanes of at least 4 members (excludes halogenated alkanes) is 27. The Kier molecular flexibility index (Phi) is 64.3. The van der Waals surface area contributed by atoms with Crippen LogP contribution in [0.15, 0.2) is 134 Å². The number of carbonyl (C=O) groups is 3. The van der Waals surface area contributed by atoms with Gasteiger partial charge < -0.3 is 14.2 Å². The average Bonchev–Trinajstić information content (AvgIpc) is 3.47. The Morgan fingerprint density at radius 2 is 0.481 bits per heavy atom. The van der Waals surface area contributed by atoms with Crippen molar-refractivity contribution in [1.29, 1.82) is 0 Å². The second kappa shape index (κ2) is 68.1. The molecule has 0 aliphatic carbocycles. The molecule has 1 unspecified atom stereocenters. The Hall–Kier alpha value is -4.45. The van der Waals surface area contributed by atoms with Crippen LogP contribution < -0.4 is 0 Å². The fraction of sp³-hybridized carbons (Fsp3) is 0.667. The molecule has 0 bridgehead atoms. The summed E-state index contributed by atoms with van der Waals surface area (Å²) in [5.74, 6) is -0.905. The van der Waals surface area contributed by atoms with Gasteiger partial charge in [0.2, 0.25) is 0 Å². The summed E-state index contributed by atoms with van der Waals surface area (Å²) in [7, 11) is 0. The van der Waals surface area contributed by atoms with E-state index in [0.29, 0.717) is 19.3 Å². The Labute approximate surface area is 500 Å². The van der Waals surface area contributed by atoms with Crippen molar-refractivity contribution in [1.82, 2.24) is 0 Å². The van der Waals surface area contributed by atoms with Gasteiger partial charge in [0.15, 0.2) is 6.10 Å². The van der Waals surface area contributed by atoms with Crippen molar-refractivity contribution in [2.75, 3.05) is 13.2 Å². The summed E-state index contributed by atoms with van der Waals surface area (Å²) in [6.45, 7) is 6.39. The molecule has 460 valence electrons. The van der Waals surface area contributed by atoms with Gasteiger partial charge in [-0.15, -0.1) is 0 Å². The third-order valence-electron chi connectivity index (χ3n) is 14.1. The largest absolute Gasteiger partial charge is 0.462 e. The van der Waals surface area contributed by atoms with E-state index in [2.05, 4.69) is 154 Å². The van der Waals surface area contributed by atoms with Crippen LogP contribution in [-0.2, 0) is 28.6 Å². The number of esters is 3. The molecule has 6 heteroatoms. The van der Waals surface area contributed by atoms with E-state index in [1.165, 1.54) is 128 Å². The molecule has 0 N–H and O–H groups in total. The minimum Gasteiger partial charge on any atom is -0.462 e. The van der Waals surface area contributed by atoms with E-state index in [4.69, 9.17) is 14.2 Å². The van der Waals surface area contributed by atoms with Crippen molar-refractivity contribution in [3.05, 3.63) is 134 Å². The predicted molar refractivity (Wildman–Crippen MR) is 353 cm³/mol. The maximum Gasteiger partial charge on any atom is 0.306 e. The van der Waals surface area contributed by atoms with Crippen LogP contribution >= 0.6 is 0 Å². The smallest absolute Gasteiger partial charge is 0.306 e. The summed E-state index contributed by atoms with van der Waals surface area (Å²) < 4.78 is 17.0. The zero-order chi connectivity index (χ0) is 58.5. The van der Waals surface area contributed by atoms with Gasteiger partial charge in [-0.3, -0.25) is 14.4 Å². The second-order valence-electron chi connectivity index (χ2n) is 22.0. The SMILES string of the molecule is CC/C=C\C/C=C\C/C=C\C/C=C\C/C=C\C/C=C\CCCCCCCCCCC(=O)OCC(COC(=O)CCCCCCCCC/C=C\C/C=C\C/C=C\CC)OC(=O)CCCCCCCCCCC/C=C\C/C=C\CCCCC. The molecule has 0 radical (unpaired) electrons. The van der Waals surface area contributed by atoms with E-state index in [1.54, 1.807) is 0 Å². The highest BCUT2D eigenvalue weighted by molar-refractivity contribution is 5.71. The quantitative estimate of drug-likeness (QED) is 0.0261. The highest BCUT2D eigenvalue weighted by Crippen LogP contribution is 2.16. The summed E-state index contributed by atoms with van der Waals surface area (Å²) in [5, 5.41) is 0. The summed E-state index contributed by atoms with van der Waals surface area (Å²) in [5.41, 5.74) is 0. The number of rotatable bonds is 60. The number of hydrogen-bond donors (Lipinski definition) is 0.